The number of halogens is 3. The highest BCUT2D eigenvalue weighted by molar-refractivity contribution is 5.29. The van der Waals surface area contributed by atoms with E-state index in [2.05, 4.69) is 9.97 Å². The van der Waals surface area contributed by atoms with Crippen LogP contribution in [0.2, 0.25) is 0 Å². The summed E-state index contributed by atoms with van der Waals surface area (Å²) in [6.45, 7) is 0.797. The lowest BCUT2D eigenvalue weighted by Gasteiger charge is -2.12. The number of alkyl halides is 2. The summed E-state index contributed by atoms with van der Waals surface area (Å²) in [7, 11) is 0. The first-order valence-corrected chi connectivity index (χ1v) is 5.74. The number of ether oxygens (including phenoxy) is 1. The topological polar surface area (TPSA) is 61.0 Å². The van der Waals surface area contributed by atoms with Crippen molar-refractivity contribution in [3.05, 3.63) is 47.4 Å². The molecular formula is C13H12F3N3O. The second kappa shape index (κ2) is 5.36. The van der Waals surface area contributed by atoms with E-state index < -0.39 is 11.7 Å². The summed E-state index contributed by atoms with van der Waals surface area (Å²) in [5, 5.41) is 0. The van der Waals surface area contributed by atoms with Crippen LogP contribution in [0.3, 0.4) is 0 Å². The maximum absolute atomic E-state index is 13.2. The Bertz CT molecular complexity index is 614. The Morgan fingerprint density at radius 2 is 2.10 bits per heavy atom. The molecule has 2 N–H and O–H groups in total. The second-order valence-electron chi connectivity index (χ2n) is 4.26. The Hall–Kier alpha value is -2.31. The Balaban J connectivity index is 2.09. The van der Waals surface area contributed by atoms with E-state index in [1.165, 1.54) is 18.2 Å². The number of hydrogen-bond donors (Lipinski definition) is 1. The van der Waals surface area contributed by atoms with Crippen LogP contribution >= 0.6 is 0 Å². The number of anilines is 1. The van der Waals surface area contributed by atoms with Crippen molar-refractivity contribution in [1.82, 2.24) is 9.97 Å². The number of nitrogen functional groups attached to an aromatic ring is 1. The summed E-state index contributed by atoms with van der Waals surface area (Å²) in [5.74, 6) is -4.00. The van der Waals surface area contributed by atoms with Gasteiger partial charge in [0.25, 0.3) is 5.92 Å². The van der Waals surface area contributed by atoms with E-state index in [4.69, 9.17) is 10.5 Å². The van der Waals surface area contributed by atoms with Crippen molar-refractivity contribution in [3.63, 3.8) is 0 Å². The minimum absolute atomic E-state index is 0.0189. The van der Waals surface area contributed by atoms with Crippen LogP contribution in [-0.4, -0.2) is 9.97 Å². The summed E-state index contributed by atoms with van der Waals surface area (Å²) >= 11 is 0. The number of hydrogen-bond acceptors (Lipinski definition) is 4. The summed E-state index contributed by atoms with van der Waals surface area (Å²) in [4.78, 5) is 7.17. The fourth-order valence-corrected chi connectivity index (χ4v) is 1.51. The van der Waals surface area contributed by atoms with Gasteiger partial charge in [-0.2, -0.15) is 4.98 Å². The van der Waals surface area contributed by atoms with Crippen LogP contribution in [0.25, 0.3) is 0 Å². The van der Waals surface area contributed by atoms with Crippen LogP contribution in [0.4, 0.5) is 19.0 Å². The Labute approximate surface area is 113 Å². The molecule has 0 radical (unpaired) electrons. The fraction of sp³-hybridized carbons (Fsp3) is 0.231. The van der Waals surface area contributed by atoms with E-state index in [0.717, 1.165) is 13.1 Å². The minimum atomic E-state index is -2.92. The molecule has 0 atom stereocenters. The Morgan fingerprint density at radius 1 is 1.35 bits per heavy atom. The van der Waals surface area contributed by atoms with Crippen LogP contribution in [0, 0.1) is 5.82 Å². The van der Waals surface area contributed by atoms with Gasteiger partial charge in [-0.05, 0) is 11.6 Å². The molecule has 1 aromatic heterocycles. The summed E-state index contributed by atoms with van der Waals surface area (Å²) < 4.78 is 44.4. The van der Waals surface area contributed by atoms with Crippen molar-refractivity contribution < 1.29 is 17.9 Å². The first-order chi connectivity index (χ1) is 9.36. The lowest BCUT2D eigenvalue weighted by atomic mass is 10.1. The van der Waals surface area contributed by atoms with E-state index >= 15 is 0 Å². The van der Waals surface area contributed by atoms with Crippen LogP contribution in [0.5, 0.6) is 6.01 Å². The van der Waals surface area contributed by atoms with E-state index in [1.54, 1.807) is 6.07 Å². The van der Waals surface area contributed by atoms with Gasteiger partial charge in [-0.15, -0.1) is 0 Å². The zero-order chi connectivity index (χ0) is 14.8. The average Bonchev–Trinajstić information content (AvgIpc) is 2.39. The van der Waals surface area contributed by atoms with Gasteiger partial charge in [0.05, 0.1) is 6.20 Å². The van der Waals surface area contributed by atoms with Crippen molar-refractivity contribution in [2.45, 2.75) is 19.5 Å². The van der Waals surface area contributed by atoms with Crippen LogP contribution in [0.1, 0.15) is 18.1 Å². The highest BCUT2D eigenvalue weighted by atomic mass is 19.3. The van der Waals surface area contributed by atoms with Crippen LogP contribution in [0.15, 0.2) is 30.5 Å². The minimum Gasteiger partial charge on any atom is -0.459 e. The SMILES string of the molecule is CC(F)(F)c1cccc(COc2ncc(F)c(N)n2)c1. The lowest BCUT2D eigenvalue weighted by Crippen LogP contribution is -2.08. The molecule has 0 amide bonds. The summed E-state index contributed by atoms with van der Waals surface area (Å²) in [6.07, 6.45) is 0.883. The maximum atomic E-state index is 13.2. The Kier molecular flexibility index (Phi) is 3.78. The molecule has 106 valence electrons. The van der Waals surface area contributed by atoms with Gasteiger partial charge >= 0.3 is 6.01 Å². The molecule has 1 heterocycles. The molecule has 0 bridgehead atoms. The molecule has 7 heteroatoms. The number of nitrogens with zero attached hydrogens (tertiary/aromatic N) is 2. The second-order valence-corrected chi connectivity index (χ2v) is 4.26. The van der Waals surface area contributed by atoms with Crippen molar-refractivity contribution in [3.8, 4) is 6.01 Å². The third-order valence-electron chi connectivity index (χ3n) is 2.55. The third kappa shape index (κ3) is 3.37. The van der Waals surface area contributed by atoms with Crippen molar-refractivity contribution in [1.29, 1.82) is 0 Å². The fourth-order valence-electron chi connectivity index (χ4n) is 1.51. The third-order valence-corrected chi connectivity index (χ3v) is 2.55. The average molecular weight is 283 g/mol. The van der Waals surface area contributed by atoms with Crippen molar-refractivity contribution in [2.24, 2.45) is 0 Å². The molecule has 2 rings (SSSR count). The molecule has 0 aliphatic carbocycles. The van der Waals surface area contributed by atoms with Crippen LogP contribution < -0.4 is 10.5 Å². The quantitative estimate of drug-likeness (QED) is 0.937. The molecule has 0 aliphatic rings. The van der Waals surface area contributed by atoms with Gasteiger partial charge in [0.15, 0.2) is 11.6 Å². The molecule has 0 saturated carbocycles. The summed E-state index contributed by atoms with van der Waals surface area (Å²) in [5.41, 5.74) is 5.68. The van der Waals surface area contributed by atoms with Crippen molar-refractivity contribution in [2.75, 3.05) is 5.73 Å². The molecule has 20 heavy (non-hydrogen) atoms. The summed E-state index contributed by atoms with van der Waals surface area (Å²) in [6, 6.07) is 5.67. The van der Waals surface area contributed by atoms with Gasteiger partial charge in [0.1, 0.15) is 6.61 Å². The van der Waals surface area contributed by atoms with Gasteiger partial charge in [0.2, 0.25) is 0 Å². The van der Waals surface area contributed by atoms with Crippen LogP contribution in [-0.2, 0) is 12.5 Å². The number of nitrogens with two attached hydrogens (primary N) is 1. The smallest absolute Gasteiger partial charge is 0.318 e. The standard InChI is InChI=1S/C13H12F3N3O/c1-13(15,16)9-4-2-3-8(5-9)7-20-12-18-6-10(14)11(17)19-12/h2-6H,7H2,1H3,(H2,17,18,19). The largest absolute Gasteiger partial charge is 0.459 e. The van der Waals surface area contributed by atoms with E-state index in [-0.39, 0.29) is 24.0 Å². The first kappa shape index (κ1) is 14.1. The first-order valence-electron chi connectivity index (χ1n) is 5.74. The van der Waals surface area contributed by atoms with E-state index in [0.29, 0.717) is 5.56 Å². The predicted molar refractivity (Wildman–Crippen MR) is 66.7 cm³/mol. The van der Waals surface area contributed by atoms with Gasteiger partial charge in [-0.25, -0.2) is 18.2 Å². The molecule has 2 aromatic rings. The normalized spacial score (nSPS) is 11.4. The molecule has 0 aliphatic heterocycles. The van der Waals surface area contributed by atoms with Crippen molar-refractivity contribution >= 4 is 5.82 Å². The lowest BCUT2D eigenvalue weighted by molar-refractivity contribution is 0.0173. The number of aromatic nitrogens is 2. The number of benzene rings is 1. The maximum Gasteiger partial charge on any atom is 0.318 e. The van der Waals surface area contributed by atoms with Gasteiger partial charge in [-0.3, -0.25) is 0 Å². The van der Waals surface area contributed by atoms with Gasteiger partial charge in [-0.1, -0.05) is 18.2 Å². The molecule has 4 nitrogen and oxygen atoms in total. The van der Waals surface area contributed by atoms with Gasteiger partial charge < -0.3 is 10.5 Å². The monoisotopic (exact) mass is 283 g/mol. The molecule has 0 spiro atoms. The zero-order valence-electron chi connectivity index (χ0n) is 10.6. The Morgan fingerprint density at radius 3 is 2.75 bits per heavy atom. The van der Waals surface area contributed by atoms with E-state index in [9.17, 15) is 13.2 Å². The predicted octanol–water partition coefficient (Wildman–Crippen LogP) is 2.89. The molecular weight excluding hydrogens is 271 g/mol. The van der Waals surface area contributed by atoms with Gasteiger partial charge in [0, 0.05) is 12.5 Å². The van der Waals surface area contributed by atoms with E-state index in [1.807, 2.05) is 0 Å². The highest BCUT2D eigenvalue weighted by Crippen LogP contribution is 2.27. The molecule has 0 unspecified atom stereocenters. The molecule has 0 fully saturated rings. The number of rotatable bonds is 4. The molecule has 1 aromatic carbocycles. The molecule has 0 saturated heterocycles. The zero-order valence-corrected chi connectivity index (χ0v) is 10.6. The highest BCUT2D eigenvalue weighted by Gasteiger charge is 2.24.